The molecular formula is C14H18BrNO4. The van der Waals surface area contributed by atoms with Crippen LogP contribution in [0.25, 0.3) is 0 Å². The zero-order chi connectivity index (χ0) is 14.7. The van der Waals surface area contributed by atoms with Gasteiger partial charge in [0.1, 0.15) is 11.8 Å². The van der Waals surface area contributed by atoms with Crippen molar-refractivity contribution in [1.29, 1.82) is 0 Å². The molecule has 1 fully saturated rings. The van der Waals surface area contributed by atoms with Crippen molar-refractivity contribution in [3.05, 3.63) is 28.2 Å². The normalized spacial score (nSPS) is 21.6. The summed E-state index contributed by atoms with van der Waals surface area (Å²) in [7, 11) is 0. The average Bonchev–Trinajstić information content (AvgIpc) is 2.44. The lowest BCUT2D eigenvalue weighted by Gasteiger charge is -2.39. The van der Waals surface area contributed by atoms with Gasteiger partial charge < -0.3 is 14.9 Å². The van der Waals surface area contributed by atoms with Gasteiger partial charge in [-0.3, -0.25) is 9.69 Å². The maximum absolute atomic E-state index is 11.4. The molecule has 1 aliphatic rings. The van der Waals surface area contributed by atoms with Gasteiger partial charge in [-0.25, -0.2) is 0 Å². The van der Waals surface area contributed by atoms with Crippen molar-refractivity contribution >= 4 is 21.9 Å². The average molecular weight is 344 g/mol. The van der Waals surface area contributed by atoms with E-state index in [9.17, 15) is 15.0 Å². The minimum absolute atomic E-state index is 0.141. The number of nitrogens with zero attached hydrogens (tertiary/aromatic N) is 1. The molecule has 2 N–H and O–H groups in total. The summed E-state index contributed by atoms with van der Waals surface area (Å²) >= 11 is 3.39. The number of morpholine rings is 1. The molecule has 0 bridgehead atoms. The van der Waals surface area contributed by atoms with Gasteiger partial charge in [0.05, 0.1) is 13.2 Å². The Morgan fingerprint density at radius 1 is 1.60 bits per heavy atom. The van der Waals surface area contributed by atoms with Crippen LogP contribution < -0.4 is 0 Å². The van der Waals surface area contributed by atoms with Crippen LogP contribution in [0.4, 0.5) is 0 Å². The highest BCUT2D eigenvalue weighted by molar-refractivity contribution is 9.10. The Balaban J connectivity index is 2.34. The van der Waals surface area contributed by atoms with Gasteiger partial charge in [-0.05, 0) is 24.6 Å². The van der Waals surface area contributed by atoms with Crippen molar-refractivity contribution in [3.63, 3.8) is 0 Å². The highest BCUT2D eigenvalue weighted by Crippen LogP contribution is 2.35. The Bertz CT molecular complexity index is 494. The second-order valence-electron chi connectivity index (χ2n) is 4.79. The molecule has 0 aromatic heterocycles. The van der Waals surface area contributed by atoms with Crippen LogP contribution in [0.2, 0.25) is 0 Å². The number of phenols is 1. The Labute approximate surface area is 126 Å². The quantitative estimate of drug-likeness (QED) is 0.878. The number of carboxylic acids is 1. The van der Waals surface area contributed by atoms with Gasteiger partial charge in [-0.2, -0.15) is 0 Å². The zero-order valence-corrected chi connectivity index (χ0v) is 12.8. The summed E-state index contributed by atoms with van der Waals surface area (Å²) in [6.45, 7) is 3.22. The van der Waals surface area contributed by atoms with E-state index in [0.29, 0.717) is 19.6 Å². The molecule has 20 heavy (non-hydrogen) atoms. The van der Waals surface area contributed by atoms with Gasteiger partial charge >= 0.3 is 5.97 Å². The van der Waals surface area contributed by atoms with E-state index in [4.69, 9.17) is 4.74 Å². The van der Waals surface area contributed by atoms with E-state index in [2.05, 4.69) is 15.9 Å². The van der Waals surface area contributed by atoms with Crippen molar-refractivity contribution in [2.75, 3.05) is 19.8 Å². The number of aromatic hydroxyl groups is 1. The number of benzene rings is 1. The summed E-state index contributed by atoms with van der Waals surface area (Å²) < 4.78 is 6.13. The molecule has 0 aliphatic carbocycles. The minimum Gasteiger partial charge on any atom is -0.508 e. The molecule has 1 aromatic rings. The summed E-state index contributed by atoms with van der Waals surface area (Å²) in [5.41, 5.74) is 0.745. The topological polar surface area (TPSA) is 70.0 Å². The van der Waals surface area contributed by atoms with E-state index in [1.165, 1.54) is 0 Å². The second kappa shape index (κ2) is 6.56. The standard InChI is InChI=1S/C14H18BrNO4/c1-2-11(10-7-9(15)3-4-13(10)17)16-5-6-20-8-12(16)14(18)19/h3-4,7,11-12,17H,2,5-6,8H2,1H3,(H,18,19). The molecule has 6 heteroatoms. The molecule has 0 amide bonds. The van der Waals surface area contributed by atoms with Crippen molar-refractivity contribution in [2.24, 2.45) is 0 Å². The Hall–Kier alpha value is -1.11. The minimum atomic E-state index is -0.891. The van der Waals surface area contributed by atoms with E-state index in [-0.39, 0.29) is 18.4 Å². The molecule has 1 heterocycles. The SMILES string of the molecule is CCC(c1cc(Br)ccc1O)N1CCOCC1C(=O)O. The monoisotopic (exact) mass is 343 g/mol. The third-order valence-electron chi connectivity index (χ3n) is 3.59. The molecule has 1 saturated heterocycles. The lowest BCUT2D eigenvalue weighted by Crippen LogP contribution is -2.51. The molecule has 2 rings (SSSR count). The molecule has 110 valence electrons. The molecule has 2 atom stereocenters. The first-order valence-corrected chi connectivity index (χ1v) is 7.38. The lowest BCUT2D eigenvalue weighted by molar-refractivity contribution is -0.151. The number of carbonyl (C=O) groups is 1. The van der Waals surface area contributed by atoms with E-state index in [0.717, 1.165) is 10.0 Å². The fourth-order valence-electron chi connectivity index (χ4n) is 2.63. The highest BCUT2D eigenvalue weighted by atomic mass is 79.9. The summed E-state index contributed by atoms with van der Waals surface area (Å²) in [6.07, 6.45) is 0.716. The maximum atomic E-state index is 11.4. The van der Waals surface area contributed by atoms with Gasteiger partial charge in [0.2, 0.25) is 0 Å². The van der Waals surface area contributed by atoms with Crippen LogP contribution >= 0.6 is 15.9 Å². The number of rotatable bonds is 4. The Morgan fingerprint density at radius 2 is 2.35 bits per heavy atom. The fraction of sp³-hybridized carbons (Fsp3) is 0.500. The third kappa shape index (κ3) is 3.13. The largest absolute Gasteiger partial charge is 0.508 e. The van der Waals surface area contributed by atoms with Crippen LogP contribution in [0.1, 0.15) is 24.9 Å². The summed E-state index contributed by atoms with van der Waals surface area (Å²) in [4.78, 5) is 13.3. The van der Waals surface area contributed by atoms with Gasteiger partial charge in [-0.15, -0.1) is 0 Å². The number of hydrogen-bond donors (Lipinski definition) is 2. The van der Waals surface area contributed by atoms with Crippen molar-refractivity contribution in [2.45, 2.75) is 25.4 Å². The number of aliphatic carboxylic acids is 1. The summed E-state index contributed by atoms with van der Waals surface area (Å²) in [5.74, 6) is -0.701. The number of ether oxygens (including phenoxy) is 1. The van der Waals surface area contributed by atoms with Crippen molar-refractivity contribution in [3.8, 4) is 5.75 Å². The highest BCUT2D eigenvalue weighted by Gasteiger charge is 2.35. The molecule has 1 aromatic carbocycles. The Kier molecular flexibility index (Phi) is 5.01. The smallest absolute Gasteiger partial charge is 0.323 e. The second-order valence-corrected chi connectivity index (χ2v) is 5.71. The molecule has 1 aliphatic heterocycles. The molecule has 0 radical (unpaired) electrons. The predicted molar refractivity (Wildman–Crippen MR) is 77.8 cm³/mol. The molecule has 2 unspecified atom stereocenters. The predicted octanol–water partition coefficient (Wildman–Crippen LogP) is 2.39. The van der Waals surface area contributed by atoms with Crippen molar-refractivity contribution < 1.29 is 19.7 Å². The van der Waals surface area contributed by atoms with Crippen LogP contribution in [-0.4, -0.2) is 46.9 Å². The molecule has 0 spiro atoms. The molecule has 5 nitrogen and oxygen atoms in total. The van der Waals surface area contributed by atoms with E-state index < -0.39 is 12.0 Å². The first kappa shape index (κ1) is 15.3. The fourth-order valence-corrected chi connectivity index (χ4v) is 3.01. The van der Waals surface area contributed by atoms with Crippen LogP contribution in [-0.2, 0) is 9.53 Å². The zero-order valence-electron chi connectivity index (χ0n) is 11.3. The third-order valence-corrected chi connectivity index (χ3v) is 4.08. The first-order valence-electron chi connectivity index (χ1n) is 6.59. The van der Waals surface area contributed by atoms with Crippen LogP contribution in [0.5, 0.6) is 5.75 Å². The van der Waals surface area contributed by atoms with Crippen molar-refractivity contribution in [1.82, 2.24) is 4.90 Å². The van der Waals surface area contributed by atoms with Crippen LogP contribution in [0.15, 0.2) is 22.7 Å². The van der Waals surface area contributed by atoms with Gasteiger partial charge in [0, 0.05) is 22.6 Å². The van der Waals surface area contributed by atoms with Gasteiger partial charge in [-0.1, -0.05) is 22.9 Å². The van der Waals surface area contributed by atoms with Crippen LogP contribution in [0, 0.1) is 0 Å². The number of hydrogen-bond acceptors (Lipinski definition) is 4. The van der Waals surface area contributed by atoms with Gasteiger partial charge in [0.15, 0.2) is 0 Å². The number of carboxylic acid groups (broad SMARTS) is 1. The van der Waals surface area contributed by atoms with E-state index in [1.54, 1.807) is 12.1 Å². The van der Waals surface area contributed by atoms with E-state index in [1.807, 2.05) is 17.9 Å². The first-order chi connectivity index (χ1) is 9.54. The summed E-state index contributed by atoms with van der Waals surface area (Å²) in [6, 6.07) is 4.42. The molecular weight excluding hydrogens is 326 g/mol. The maximum Gasteiger partial charge on any atom is 0.323 e. The lowest BCUT2D eigenvalue weighted by atomic mass is 9.99. The number of halogens is 1. The number of phenolic OH excluding ortho intramolecular Hbond substituents is 1. The van der Waals surface area contributed by atoms with E-state index >= 15 is 0 Å². The molecule has 0 saturated carbocycles. The van der Waals surface area contributed by atoms with Crippen LogP contribution in [0.3, 0.4) is 0 Å². The Morgan fingerprint density at radius 3 is 3.00 bits per heavy atom. The van der Waals surface area contributed by atoms with Gasteiger partial charge in [0.25, 0.3) is 0 Å². The summed E-state index contributed by atoms with van der Waals surface area (Å²) in [5, 5.41) is 19.4.